The van der Waals surface area contributed by atoms with E-state index in [1.807, 2.05) is 30.3 Å². The van der Waals surface area contributed by atoms with Crippen LogP contribution in [0.25, 0.3) is 11.3 Å². The molecule has 8 heteroatoms. The van der Waals surface area contributed by atoms with E-state index >= 15 is 0 Å². The standard InChI is InChI=1S/C23H25N5O3/c1-30-19-8-6-16(12-20(19)31-2)26-23-25-13-15-11-21(29)27-18-7-5-14(4-3-9-24)10-17(18)22(15)28-23/h5-8,10,12-13H,3-4,9,11,24H2,1-2H3,(H,27,29)(H,25,26,28). The molecule has 1 aliphatic heterocycles. The monoisotopic (exact) mass is 419 g/mol. The van der Waals surface area contributed by atoms with E-state index in [0.29, 0.717) is 24.0 Å². The zero-order valence-electron chi connectivity index (χ0n) is 17.6. The van der Waals surface area contributed by atoms with Crippen LogP contribution >= 0.6 is 0 Å². The Morgan fingerprint density at radius 3 is 2.74 bits per heavy atom. The van der Waals surface area contributed by atoms with E-state index in [1.54, 1.807) is 20.4 Å². The van der Waals surface area contributed by atoms with Gasteiger partial charge in [-0.25, -0.2) is 9.97 Å². The maximum atomic E-state index is 12.3. The maximum absolute atomic E-state index is 12.3. The van der Waals surface area contributed by atoms with Gasteiger partial charge in [0.15, 0.2) is 11.5 Å². The first kappa shape index (κ1) is 20.6. The number of carbonyl (C=O) groups excluding carboxylic acids is 1. The lowest BCUT2D eigenvalue weighted by Crippen LogP contribution is -2.12. The van der Waals surface area contributed by atoms with E-state index in [9.17, 15) is 4.79 Å². The number of nitrogens with two attached hydrogens (primary N) is 1. The van der Waals surface area contributed by atoms with E-state index in [2.05, 4.69) is 21.7 Å². The molecular formula is C23H25N5O3. The van der Waals surface area contributed by atoms with Gasteiger partial charge in [-0.15, -0.1) is 0 Å². The number of benzene rings is 2. The molecule has 0 saturated carbocycles. The van der Waals surface area contributed by atoms with Gasteiger partial charge in [0.05, 0.1) is 32.0 Å². The highest BCUT2D eigenvalue weighted by Crippen LogP contribution is 2.35. The van der Waals surface area contributed by atoms with Crippen LogP contribution in [0.5, 0.6) is 11.5 Å². The predicted molar refractivity (Wildman–Crippen MR) is 120 cm³/mol. The smallest absolute Gasteiger partial charge is 0.228 e. The third-order valence-electron chi connectivity index (χ3n) is 5.14. The number of aromatic nitrogens is 2. The highest BCUT2D eigenvalue weighted by Gasteiger charge is 2.21. The molecule has 3 aromatic rings. The molecule has 0 unspecified atom stereocenters. The van der Waals surface area contributed by atoms with Crippen molar-refractivity contribution in [1.29, 1.82) is 0 Å². The van der Waals surface area contributed by atoms with Crippen molar-refractivity contribution in [2.45, 2.75) is 19.3 Å². The van der Waals surface area contributed by atoms with Gasteiger partial charge in [-0.05, 0) is 49.2 Å². The summed E-state index contributed by atoms with van der Waals surface area (Å²) in [6, 6.07) is 11.5. The number of rotatable bonds is 7. The molecule has 1 aromatic heterocycles. The van der Waals surface area contributed by atoms with Crippen molar-refractivity contribution >= 4 is 23.2 Å². The average Bonchev–Trinajstić information content (AvgIpc) is 2.92. The van der Waals surface area contributed by atoms with Gasteiger partial charge < -0.3 is 25.8 Å². The highest BCUT2D eigenvalue weighted by molar-refractivity contribution is 6.00. The molecule has 1 amide bonds. The molecule has 160 valence electrons. The maximum Gasteiger partial charge on any atom is 0.228 e. The number of carbonyl (C=O) groups is 1. The fourth-order valence-electron chi connectivity index (χ4n) is 3.60. The number of anilines is 3. The number of amides is 1. The van der Waals surface area contributed by atoms with E-state index in [0.717, 1.165) is 46.6 Å². The fraction of sp³-hybridized carbons (Fsp3) is 0.261. The Balaban J connectivity index is 1.71. The minimum Gasteiger partial charge on any atom is -0.493 e. The lowest BCUT2D eigenvalue weighted by atomic mass is 10.0. The third-order valence-corrected chi connectivity index (χ3v) is 5.14. The Bertz CT molecular complexity index is 1120. The molecule has 0 saturated heterocycles. The van der Waals surface area contributed by atoms with Gasteiger partial charge in [0.1, 0.15) is 0 Å². The van der Waals surface area contributed by atoms with Crippen molar-refractivity contribution < 1.29 is 14.3 Å². The van der Waals surface area contributed by atoms with E-state index in [4.69, 9.17) is 20.2 Å². The Hall–Kier alpha value is -3.65. The van der Waals surface area contributed by atoms with Gasteiger partial charge in [-0.2, -0.15) is 0 Å². The summed E-state index contributed by atoms with van der Waals surface area (Å²) >= 11 is 0. The summed E-state index contributed by atoms with van der Waals surface area (Å²) in [7, 11) is 3.18. The van der Waals surface area contributed by atoms with Crippen LogP contribution in [0.1, 0.15) is 17.5 Å². The zero-order chi connectivity index (χ0) is 21.8. The summed E-state index contributed by atoms with van der Waals surface area (Å²) in [6.07, 6.45) is 3.69. The first-order valence-electron chi connectivity index (χ1n) is 10.1. The van der Waals surface area contributed by atoms with Crippen LogP contribution in [0, 0.1) is 0 Å². The lowest BCUT2D eigenvalue weighted by Gasteiger charge is -2.13. The summed E-state index contributed by atoms with van der Waals surface area (Å²) in [5.41, 5.74) is 10.7. The number of nitrogens with zero attached hydrogens (tertiary/aromatic N) is 2. The summed E-state index contributed by atoms with van der Waals surface area (Å²) in [5.74, 6) is 1.59. The topological polar surface area (TPSA) is 111 Å². The second-order valence-corrected chi connectivity index (χ2v) is 7.26. The Kier molecular flexibility index (Phi) is 5.99. The van der Waals surface area contributed by atoms with Crippen molar-refractivity contribution in [2.75, 3.05) is 31.4 Å². The minimum absolute atomic E-state index is 0.0843. The van der Waals surface area contributed by atoms with Crippen LogP contribution < -0.4 is 25.8 Å². The quantitative estimate of drug-likeness (QED) is 0.539. The van der Waals surface area contributed by atoms with Crippen LogP contribution in [-0.2, 0) is 17.6 Å². The third kappa shape index (κ3) is 4.44. The minimum atomic E-state index is -0.0843. The van der Waals surface area contributed by atoms with E-state index < -0.39 is 0 Å². The molecule has 0 radical (unpaired) electrons. The van der Waals surface area contributed by atoms with E-state index in [1.165, 1.54) is 0 Å². The average molecular weight is 419 g/mol. The van der Waals surface area contributed by atoms with Crippen LogP contribution in [0.4, 0.5) is 17.3 Å². The first-order valence-corrected chi connectivity index (χ1v) is 10.1. The number of hydrogen-bond acceptors (Lipinski definition) is 7. The van der Waals surface area contributed by atoms with Gasteiger partial charge in [0, 0.05) is 29.1 Å². The van der Waals surface area contributed by atoms with E-state index in [-0.39, 0.29) is 12.3 Å². The number of fused-ring (bicyclic) bond motifs is 3. The number of aryl methyl sites for hydroxylation is 1. The second kappa shape index (κ2) is 9.01. The summed E-state index contributed by atoms with van der Waals surface area (Å²) in [6.45, 7) is 0.631. The molecule has 2 heterocycles. The van der Waals surface area contributed by atoms with Gasteiger partial charge in [0.25, 0.3) is 0 Å². The van der Waals surface area contributed by atoms with Crippen LogP contribution in [0.2, 0.25) is 0 Å². The Morgan fingerprint density at radius 2 is 1.97 bits per heavy atom. The summed E-state index contributed by atoms with van der Waals surface area (Å²) in [4.78, 5) is 21.5. The SMILES string of the molecule is COc1ccc(Nc2ncc3c(n2)-c2cc(CCCN)ccc2NC(=O)C3)cc1OC. The molecule has 1 aliphatic rings. The van der Waals surface area contributed by atoms with Crippen LogP contribution in [0.3, 0.4) is 0 Å². The van der Waals surface area contributed by atoms with Crippen molar-refractivity contribution in [2.24, 2.45) is 5.73 Å². The molecule has 0 fully saturated rings. The van der Waals surface area contributed by atoms with Gasteiger partial charge in [-0.3, -0.25) is 4.79 Å². The second-order valence-electron chi connectivity index (χ2n) is 7.26. The van der Waals surface area contributed by atoms with Crippen molar-refractivity contribution in [3.05, 3.63) is 53.7 Å². The molecule has 8 nitrogen and oxygen atoms in total. The van der Waals surface area contributed by atoms with Crippen molar-refractivity contribution in [1.82, 2.24) is 9.97 Å². The molecule has 0 aliphatic carbocycles. The van der Waals surface area contributed by atoms with Crippen molar-refractivity contribution in [3.8, 4) is 22.8 Å². The molecule has 31 heavy (non-hydrogen) atoms. The molecule has 2 aromatic carbocycles. The molecular weight excluding hydrogens is 394 g/mol. The van der Waals surface area contributed by atoms with Gasteiger partial charge in [0.2, 0.25) is 11.9 Å². The predicted octanol–water partition coefficient (Wildman–Crippen LogP) is 3.29. The zero-order valence-corrected chi connectivity index (χ0v) is 17.6. The number of methoxy groups -OCH3 is 2. The molecule has 0 spiro atoms. The molecule has 0 bridgehead atoms. The highest BCUT2D eigenvalue weighted by atomic mass is 16.5. The number of ether oxygens (including phenoxy) is 2. The Labute approximate surface area is 180 Å². The Morgan fingerprint density at radius 1 is 1.13 bits per heavy atom. The van der Waals surface area contributed by atoms with Crippen molar-refractivity contribution in [3.63, 3.8) is 0 Å². The normalized spacial score (nSPS) is 12.3. The number of hydrogen-bond donors (Lipinski definition) is 3. The largest absolute Gasteiger partial charge is 0.493 e. The van der Waals surface area contributed by atoms with Gasteiger partial charge in [-0.1, -0.05) is 6.07 Å². The molecule has 4 N–H and O–H groups in total. The first-order chi connectivity index (χ1) is 15.1. The molecule has 0 atom stereocenters. The fourth-order valence-corrected chi connectivity index (χ4v) is 3.60. The molecule has 4 rings (SSSR count). The summed E-state index contributed by atoms with van der Waals surface area (Å²) < 4.78 is 10.7. The van der Waals surface area contributed by atoms with Crippen LogP contribution in [0.15, 0.2) is 42.6 Å². The summed E-state index contributed by atoms with van der Waals surface area (Å²) in [5, 5.41) is 6.18. The lowest BCUT2D eigenvalue weighted by molar-refractivity contribution is -0.115. The number of nitrogens with one attached hydrogen (secondary N) is 2. The van der Waals surface area contributed by atoms with Crippen LogP contribution in [-0.4, -0.2) is 36.6 Å². The van der Waals surface area contributed by atoms with Gasteiger partial charge >= 0.3 is 0 Å².